The number of nitrogens with zero attached hydrogens (tertiary/aromatic N) is 4. The average Bonchev–Trinajstić information content (AvgIpc) is 3.14. The molecule has 0 aliphatic carbocycles. The Balaban J connectivity index is 0.000000200. The Labute approximate surface area is 125 Å². The van der Waals surface area contributed by atoms with Gasteiger partial charge in [-0.1, -0.05) is 10.3 Å². The zero-order valence-corrected chi connectivity index (χ0v) is 12.5. The molecule has 0 unspecified atom stereocenters. The maximum absolute atomic E-state index is 8.29. The molecule has 0 aliphatic rings. The van der Waals surface area contributed by atoms with Crippen molar-refractivity contribution >= 4 is 23.5 Å². The normalized spacial score (nSPS) is 12.4. The molecule has 0 saturated carbocycles. The molecular formula is C12H12N4O2S2. The fraction of sp³-hybridized carbons (Fsp3) is 0.333. The summed E-state index contributed by atoms with van der Waals surface area (Å²) in [5.74, 6) is 0. The molecule has 0 spiro atoms. The third-order valence-electron chi connectivity index (χ3n) is 2.21. The molecular weight excluding hydrogens is 296 g/mol. The molecule has 2 aromatic heterocycles. The summed E-state index contributed by atoms with van der Waals surface area (Å²) >= 11 is 2.34. The van der Waals surface area contributed by atoms with E-state index >= 15 is 0 Å². The quantitative estimate of drug-likeness (QED) is 0.784. The lowest BCUT2D eigenvalue weighted by molar-refractivity contribution is 0.412. The second-order valence-electron chi connectivity index (χ2n) is 3.55. The van der Waals surface area contributed by atoms with E-state index in [2.05, 4.69) is 19.4 Å². The van der Waals surface area contributed by atoms with Gasteiger partial charge in [-0.05, 0) is 37.4 Å². The molecule has 2 atom stereocenters. The van der Waals surface area contributed by atoms with Crippen LogP contribution in [-0.2, 0) is 0 Å². The zero-order chi connectivity index (χ0) is 14.8. The van der Waals surface area contributed by atoms with Crippen LogP contribution in [0.2, 0.25) is 0 Å². The van der Waals surface area contributed by atoms with E-state index in [1.54, 1.807) is 12.1 Å². The topological polar surface area (TPSA) is 99.6 Å². The summed E-state index contributed by atoms with van der Waals surface area (Å²) in [5.41, 5.74) is 1.62. The highest BCUT2D eigenvalue weighted by Gasteiger charge is 2.08. The van der Waals surface area contributed by atoms with E-state index in [9.17, 15) is 0 Å². The first-order valence-electron chi connectivity index (χ1n) is 5.59. The number of thiocyanates is 2. The van der Waals surface area contributed by atoms with Gasteiger partial charge >= 0.3 is 0 Å². The average molecular weight is 308 g/mol. The Hall–Kier alpha value is -1.90. The predicted molar refractivity (Wildman–Crippen MR) is 76.2 cm³/mol. The van der Waals surface area contributed by atoms with Crippen LogP contribution in [0.4, 0.5) is 0 Å². The van der Waals surface area contributed by atoms with E-state index < -0.39 is 0 Å². The van der Waals surface area contributed by atoms with Gasteiger partial charge in [0.05, 0.1) is 21.9 Å². The highest BCUT2D eigenvalue weighted by molar-refractivity contribution is 8.04. The summed E-state index contributed by atoms with van der Waals surface area (Å²) in [6.07, 6.45) is 3.01. The van der Waals surface area contributed by atoms with Crippen molar-refractivity contribution in [2.24, 2.45) is 0 Å². The summed E-state index contributed by atoms with van der Waals surface area (Å²) in [7, 11) is 0. The summed E-state index contributed by atoms with van der Waals surface area (Å²) in [5, 5.41) is 28.1. The second kappa shape index (κ2) is 9.08. The van der Waals surface area contributed by atoms with Crippen LogP contribution in [0.1, 0.15) is 35.7 Å². The minimum Gasteiger partial charge on any atom is -0.364 e. The molecule has 20 heavy (non-hydrogen) atoms. The molecule has 0 bridgehead atoms. The molecule has 0 N–H and O–H groups in total. The fourth-order valence-electron chi connectivity index (χ4n) is 1.14. The summed E-state index contributed by atoms with van der Waals surface area (Å²) in [6.45, 7) is 3.82. The number of hydrogen-bond donors (Lipinski definition) is 0. The van der Waals surface area contributed by atoms with Gasteiger partial charge in [-0.15, -0.1) is 0 Å². The Morgan fingerprint density at radius 1 is 0.950 bits per heavy atom. The van der Waals surface area contributed by atoms with Crippen LogP contribution in [0.15, 0.2) is 33.7 Å². The van der Waals surface area contributed by atoms with Crippen molar-refractivity contribution in [3.63, 3.8) is 0 Å². The van der Waals surface area contributed by atoms with E-state index in [0.29, 0.717) is 0 Å². The minimum absolute atomic E-state index is 0.101. The molecule has 2 aromatic rings. The fourth-order valence-corrected chi connectivity index (χ4v) is 1.94. The molecule has 8 heteroatoms. The van der Waals surface area contributed by atoms with E-state index in [1.807, 2.05) is 24.6 Å². The third-order valence-corrected chi connectivity index (χ3v) is 3.61. The molecule has 104 valence electrons. The molecule has 0 fully saturated rings. The molecule has 0 amide bonds. The van der Waals surface area contributed by atoms with Gasteiger partial charge in [0.1, 0.15) is 23.3 Å². The van der Waals surface area contributed by atoms with Crippen LogP contribution >= 0.6 is 23.5 Å². The number of aromatic nitrogens is 2. The predicted octanol–water partition coefficient (Wildman–Crippen LogP) is 3.90. The molecule has 0 radical (unpaired) electrons. The highest BCUT2D eigenvalue weighted by atomic mass is 32.2. The Morgan fingerprint density at radius 2 is 1.35 bits per heavy atom. The standard InChI is InChI=1S/2C6H6N2OS/c2*1-5(10-4-7)6-2-3-9-8-6/h2*2-3,5H,1H3/t2*5-/m10/s1. The first kappa shape index (κ1) is 16.2. The highest BCUT2D eigenvalue weighted by Crippen LogP contribution is 2.25. The van der Waals surface area contributed by atoms with Crippen molar-refractivity contribution in [2.75, 3.05) is 0 Å². The van der Waals surface area contributed by atoms with Gasteiger partial charge in [0, 0.05) is 12.1 Å². The van der Waals surface area contributed by atoms with Crippen LogP contribution in [0.5, 0.6) is 0 Å². The maximum atomic E-state index is 8.29. The third kappa shape index (κ3) is 5.39. The van der Waals surface area contributed by atoms with Crippen molar-refractivity contribution in [1.29, 1.82) is 10.5 Å². The van der Waals surface area contributed by atoms with Gasteiger partial charge in [0.2, 0.25) is 0 Å². The molecule has 0 aromatic carbocycles. The zero-order valence-electron chi connectivity index (χ0n) is 10.9. The Bertz CT molecular complexity index is 505. The van der Waals surface area contributed by atoms with E-state index in [-0.39, 0.29) is 10.5 Å². The van der Waals surface area contributed by atoms with E-state index in [0.717, 1.165) is 11.4 Å². The second-order valence-corrected chi connectivity index (χ2v) is 5.80. The van der Waals surface area contributed by atoms with Gasteiger partial charge in [0.25, 0.3) is 0 Å². The molecule has 6 nitrogen and oxygen atoms in total. The van der Waals surface area contributed by atoms with Gasteiger partial charge in [-0.25, -0.2) is 0 Å². The van der Waals surface area contributed by atoms with Gasteiger partial charge < -0.3 is 9.05 Å². The monoisotopic (exact) mass is 308 g/mol. The molecule has 0 saturated heterocycles. The van der Waals surface area contributed by atoms with Gasteiger partial charge in [-0.3, -0.25) is 0 Å². The molecule has 0 aliphatic heterocycles. The summed E-state index contributed by atoms with van der Waals surface area (Å²) in [6, 6.07) is 3.52. The SMILES string of the molecule is C[C@@H](SC#N)c1ccon1.C[C@H](SC#N)c1ccon1. The lowest BCUT2D eigenvalue weighted by atomic mass is 10.3. The number of hydrogen-bond acceptors (Lipinski definition) is 8. The lowest BCUT2D eigenvalue weighted by Gasteiger charge is -1.96. The van der Waals surface area contributed by atoms with Crippen molar-refractivity contribution < 1.29 is 9.05 Å². The van der Waals surface area contributed by atoms with Crippen LogP contribution in [0.3, 0.4) is 0 Å². The van der Waals surface area contributed by atoms with Crippen molar-refractivity contribution in [3.05, 3.63) is 36.0 Å². The Kier molecular flexibility index (Phi) is 7.33. The van der Waals surface area contributed by atoms with E-state index in [4.69, 9.17) is 10.5 Å². The smallest absolute Gasteiger partial charge is 0.134 e. The van der Waals surface area contributed by atoms with E-state index in [1.165, 1.54) is 36.1 Å². The first-order chi connectivity index (χ1) is 9.69. The van der Waals surface area contributed by atoms with Crippen molar-refractivity contribution in [2.45, 2.75) is 24.3 Å². The Morgan fingerprint density at radius 3 is 1.60 bits per heavy atom. The van der Waals surface area contributed by atoms with Gasteiger partial charge in [0.15, 0.2) is 0 Å². The number of thioether (sulfide) groups is 2. The maximum Gasteiger partial charge on any atom is 0.134 e. The van der Waals surface area contributed by atoms with Gasteiger partial charge in [-0.2, -0.15) is 10.5 Å². The van der Waals surface area contributed by atoms with Crippen LogP contribution in [0.25, 0.3) is 0 Å². The first-order valence-corrected chi connectivity index (χ1v) is 7.35. The van der Waals surface area contributed by atoms with Crippen LogP contribution < -0.4 is 0 Å². The largest absolute Gasteiger partial charge is 0.364 e. The molecule has 2 rings (SSSR count). The lowest BCUT2D eigenvalue weighted by Crippen LogP contribution is -1.84. The minimum atomic E-state index is 0.101. The molecule has 2 heterocycles. The number of rotatable bonds is 4. The van der Waals surface area contributed by atoms with Crippen molar-refractivity contribution in [1.82, 2.24) is 10.3 Å². The summed E-state index contributed by atoms with van der Waals surface area (Å²) < 4.78 is 9.22. The van der Waals surface area contributed by atoms with Crippen LogP contribution in [0, 0.1) is 21.3 Å². The van der Waals surface area contributed by atoms with Crippen LogP contribution in [-0.4, -0.2) is 10.3 Å². The number of nitriles is 2. The summed E-state index contributed by atoms with van der Waals surface area (Å²) in [4.78, 5) is 0. The van der Waals surface area contributed by atoms with Crippen molar-refractivity contribution in [3.8, 4) is 10.8 Å².